The molecule has 1 saturated heterocycles. The lowest BCUT2D eigenvalue weighted by molar-refractivity contribution is 0.251. The molecule has 1 aromatic heterocycles. The summed E-state index contributed by atoms with van der Waals surface area (Å²) >= 11 is 0. The number of imidazole rings is 1. The van der Waals surface area contributed by atoms with E-state index in [-0.39, 0.29) is 0 Å². The minimum absolute atomic E-state index is 0.305. The van der Waals surface area contributed by atoms with Crippen LogP contribution in [0, 0.1) is 17.6 Å². The second-order valence-electron chi connectivity index (χ2n) is 6.27. The first-order valence-corrected chi connectivity index (χ1v) is 9.81. The predicted molar refractivity (Wildman–Crippen MR) is 89.4 cm³/mol. The molecule has 0 spiro atoms. The van der Waals surface area contributed by atoms with E-state index < -0.39 is 26.6 Å². The van der Waals surface area contributed by atoms with Gasteiger partial charge in [0.1, 0.15) is 22.4 Å². The van der Waals surface area contributed by atoms with Crippen molar-refractivity contribution in [1.29, 1.82) is 0 Å². The van der Waals surface area contributed by atoms with Gasteiger partial charge >= 0.3 is 0 Å². The fraction of sp³-hybridized carbons (Fsp3) is 0.471. The second kappa shape index (κ2) is 7.21. The van der Waals surface area contributed by atoms with E-state index in [4.69, 9.17) is 0 Å². The van der Waals surface area contributed by atoms with Crippen molar-refractivity contribution in [2.24, 2.45) is 5.92 Å². The minimum Gasteiger partial charge on any atom is -0.335 e. The molecular weight excluding hydrogens is 348 g/mol. The molecule has 2 aromatic rings. The molecule has 0 unspecified atom stereocenters. The van der Waals surface area contributed by atoms with Gasteiger partial charge in [-0.1, -0.05) is 6.92 Å². The van der Waals surface area contributed by atoms with Gasteiger partial charge in [-0.3, -0.25) is 0 Å². The van der Waals surface area contributed by atoms with Crippen LogP contribution < -0.4 is 0 Å². The normalized spacial score (nSPS) is 17.1. The smallest absolute Gasteiger partial charge is 0.246 e. The summed E-state index contributed by atoms with van der Waals surface area (Å²) in [5.74, 6) is -0.336. The molecule has 136 valence electrons. The molecule has 1 fully saturated rings. The van der Waals surface area contributed by atoms with Gasteiger partial charge in [-0.2, -0.15) is 4.31 Å². The average Bonchev–Trinajstić information content (AvgIpc) is 3.04. The fourth-order valence-corrected chi connectivity index (χ4v) is 4.79. The van der Waals surface area contributed by atoms with Crippen molar-refractivity contribution in [2.45, 2.75) is 37.6 Å². The van der Waals surface area contributed by atoms with Gasteiger partial charge < -0.3 is 4.57 Å². The number of nitrogens with zero attached hydrogens (tertiary/aromatic N) is 3. The Kier molecular flexibility index (Phi) is 5.19. The maximum absolute atomic E-state index is 13.8. The maximum atomic E-state index is 13.8. The highest BCUT2D eigenvalue weighted by Crippen LogP contribution is 2.26. The van der Waals surface area contributed by atoms with Crippen LogP contribution >= 0.6 is 0 Å². The van der Waals surface area contributed by atoms with Crippen LogP contribution in [0.2, 0.25) is 0 Å². The third-order valence-corrected chi connectivity index (χ3v) is 6.57. The van der Waals surface area contributed by atoms with Gasteiger partial charge in [0.05, 0.1) is 0 Å². The summed E-state index contributed by atoms with van der Waals surface area (Å²) in [7, 11) is -4.01. The van der Waals surface area contributed by atoms with Crippen LogP contribution in [0.25, 0.3) is 0 Å². The first-order valence-electron chi connectivity index (χ1n) is 8.37. The van der Waals surface area contributed by atoms with E-state index in [0.717, 1.165) is 37.0 Å². The van der Waals surface area contributed by atoms with Crippen LogP contribution in [0.4, 0.5) is 8.78 Å². The van der Waals surface area contributed by atoms with E-state index in [9.17, 15) is 17.2 Å². The van der Waals surface area contributed by atoms with Crippen molar-refractivity contribution in [3.63, 3.8) is 0 Å². The topological polar surface area (TPSA) is 55.2 Å². The lowest BCUT2D eigenvalue weighted by Crippen LogP contribution is -2.39. The van der Waals surface area contributed by atoms with Crippen molar-refractivity contribution in [1.82, 2.24) is 13.9 Å². The Bertz CT molecular complexity index is 843. The van der Waals surface area contributed by atoms with Gasteiger partial charge in [0.25, 0.3) is 0 Å². The van der Waals surface area contributed by atoms with Crippen molar-refractivity contribution in [2.75, 3.05) is 13.1 Å². The SMILES string of the molecule is CCc1nccn1CC1CCN(S(=O)(=O)c2cc(F)ccc2F)CC1. The Labute approximate surface area is 146 Å². The zero-order chi connectivity index (χ0) is 18.0. The first-order chi connectivity index (χ1) is 11.9. The van der Waals surface area contributed by atoms with Crippen LogP contribution in [0.5, 0.6) is 0 Å². The largest absolute Gasteiger partial charge is 0.335 e. The average molecular weight is 369 g/mol. The summed E-state index contributed by atoms with van der Waals surface area (Å²) in [4.78, 5) is 3.70. The highest BCUT2D eigenvalue weighted by Gasteiger charge is 2.31. The van der Waals surface area contributed by atoms with Gasteiger partial charge in [0.15, 0.2) is 0 Å². The Hall–Kier alpha value is -1.80. The Balaban J connectivity index is 1.68. The fourth-order valence-electron chi connectivity index (χ4n) is 3.24. The van der Waals surface area contributed by atoms with E-state index in [1.165, 1.54) is 4.31 Å². The Morgan fingerprint density at radius 2 is 1.96 bits per heavy atom. The molecule has 0 saturated carbocycles. The molecule has 0 bridgehead atoms. The van der Waals surface area contributed by atoms with Gasteiger partial charge in [0.2, 0.25) is 10.0 Å². The van der Waals surface area contributed by atoms with Crippen molar-refractivity contribution in [3.8, 4) is 0 Å². The third-order valence-electron chi connectivity index (χ3n) is 4.66. The van der Waals surface area contributed by atoms with Gasteiger partial charge in [-0.25, -0.2) is 22.2 Å². The summed E-state index contributed by atoms with van der Waals surface area (Å²) in [5, 5.41) is 0. The lowest BCUT2D eigenvalue weighted by Gasteiger charge is -2.31. The van der Waals surface area contributed by atoms with Crippen molar-refractivity contribution >= 4 is 10.0 Å². The number of hydrogen-bond donors (Lipinski definition) is 0. The maximum Gasteiger partial charge on any atom is 0.246 e. The molecule has 0 N–H and O–H groups in total. The molecular formula is C17H21F2N3O2S. The number of aryl methyl sites for hydroxylation is 1. The number of piperidine rings is 1. The highest BCUT2D eigenvalue weighted by molar-refractivity contribution is 7.89. The Morgan fingerprint density at radius 1 is 1.24 bits per heavy atom. The van der Waals surface area contributed by atoms with Gasteiger partial charge in [-0.05, 0) is 37.0 Å². The first kappa shape index (κ1) is 18.0. The number of aromatic nitrogens is 2. The van der Waals surface area contributed by atoms with Crippen LogP contribution in [-0.2, 0) is 23.0 Å². The molecule has 3 rings (SSSR count). The minimum atomic E-state index is -4.01. The molecule has 1 aromatic carbocycles. The van der Waals surface area contributed by atoms with E-state index in [1.807, 2.05) is 13.1 Å². The number of sulfonamides is 1. The molecule has 0 atom stereocenters. The monoisotopic (exact) mass is 369 g/mol. The third kappa shape index (κ3) is 3.74. The summed E-state index contributed by atoms with van der Waals surface area (Å²) in [6, 6.07) is 2.51. The lowest BCUT2D eigenvalue weighted by atomic mass is 9.98. The quantitative estimate of drug-likeness (QED) is 0.814. The molecule has 1 aliphatic heterocycles. The zero-order valence-corrected chi connectivity index (χ0v) is 14.8. The van der Waals surface area contributed by atoms with E-state index in [0.29, 0.717) is 31.8 Å². The number of halogens is 2. The molecule has 2 heterocycles. The Morgan fingerprint density at radius 3 is 2.64 bits per heavy atom. The molecule has 0 aliphatic carbocycles. The zero-order valence-electron chi connectivity index (χ0n) is 14.0. The molecule has 8 heteroatoms. The number of hydrogen-bond acceptors (Lipinski definition) is 3. The number of benzene rings is 1. The summed E-state index contributed by atoms with van der Waals surface area (Å²) in [6.07, 6.45) is 5.91. The molecule has 0 amide bonds. The molecule has 25 heavy (non-hydrogen) atoms. The molecule has 0 radical (unpaired) electrons. The van der Waals surface area contributed by atoms with Crippen molar-refractivity contribution < 1.29 is 17.2 Å². The number of rotatable bonds is 5. The van der Waals surface area contributed by atoms with E-state index in [1.54, 1.807) is 6.20 Å². The van der Waals surface area contributed by atoms with Crippen LogP contribution in [-0.4, -0.2) is 35.4 Å². The highest BCUT2D eigenvalue weighted by atomic mass is 32.2. The van der Waals surface area contributed by atoms with Gasteiger partial charge in [-0.15, -0.1) is 0 Å². The molecule has 1 aliphatic rings. The van der Waals surface area contributed by atoms with E-state index in [2.05, 4.69) is 9.55 Å². The van der Waals surface area contributed by atoms with Crippen LogP contribution in [0.1, 0.15) is 25.6 Å². The van der Waals surface area contributed by atoms with Crippen LogP contribution in [0.3, 0.4) is 0 Å². The summed E-state index contributed by atoms with van der Waals surface area (Å²) < 4.78 is 55.7. The standard InChI is InChI=1S/C17H21F2N3O2S/c1-2-17-20-7-10-21(17)12-13-5-8-22(9-6-13)25(23,24)16-11-14(18)3-4-15(16)19/h3-4,7,10-11,13H,2,5-6,8-9,12H2,1H3. The van der Waals surface area contributed by atoms with E-state index >= 15 is 0 Å². The van der Waals surface area contributed by atoms with Crippen LogP contribution in [0.15, 0.2) is 35.5 Å². The van der Waals surface area contributed by atoms with Crippen molar-refractivity contribution in [3.05, 3.63) is 48.1 Å². The summed E-state index contributed by atoms with van der Waals surface area (Å²) in [5.41, 5.74) is 0. The second-order valence-corrected chi connectivity index (χ2v) is 8.18. The van der Waals surface area contributed by atoms with Gasteiger partial charge in [0, 0.05) is 38.4 Å². The predicted octanol–water partition coefficient (Wildman–Crippen LogP) is 2.82. The molecule has 5 nitrogen and oxygen atoms in total. The summed E-state index contributed by atoms with van der Waals surface area (Å²) in [6.45, 7) is 3.45.